The Bertz CT molecular complexity index is 1020. The third-order valence-corrected chi connectivity index (χ3v) is 8.30. The van der Waals surface area contributed by atoms with E-state index in [2.05, 4.69) is 36.3 Å². The summed E-state index contributed by atoms with van der Waals surface area (Å²) in [5, 5.41) is 6.83. The maximum absolute atomic E-state index is 13.5. The average molecular weight is 484 g/mol. The number of methoxy groups -OCH3 is 1. The summed E-state index contributed by atoms with van der Waals surface area (Å²) >= 11 is 1.59. The number of nitrogens with one attached hydrogen (secondary N) is 2. The summed E-state index contributed by atoms with van der Waals surface area (Å²) in [5.41, 5.74) is 2.66. The summed E-state index contributed by atoms with van der Waals surface area (Å²) in [7, 11) is 1.62. The molecular formula is C27H37N3O3S. The van der Waals surface area contributed by atoms with Crippen LogP contribution in [0.15, 0.2) is 24.3 Å². The number of piperidine rings is 1. The number of carbonyl (C=O) groups excluding carboxylic acids is 2. The Hall–Kier alpha value is -2.38. The molecule has 2 amide bonds. The molecule has 1 aromatic heterocycles. The smallest absolute Gasteiger partial charge is 0.258 e. The number of rotatable bonds is 6. The van der Waals surface area contributed by atoms with E-state index < -0.39 is 0 Å². The molecule has 2 aromatic rings. The maximum atomic E-state index is 13.5. The molecule has 184 valence electrons. The Morgan fingerprint density at radius 3 is 2.44 bits per heavy atom. The first-order valence-electron chi connectivity index (χ1n) is 12.4. The number of ether oxygens (including phenoxy) is 1. The highest BCUT2D eigenvalue weighted by atomic mass is 32.1. The van der Waals surface area contributed by atoms with Gasteiger partial charge in [0, 0.05) is 10.6 Å². The van der Waals surface area contributed by atoms with Crippen molar-refractivity contribution in [2.75, 3.05) is 37.4 Å². The predicted molar refractivity (Wildman–Crippen MR) is 139 cm³/mol. The SMILES string of the molecule is COc1ccc(NC(=O)c2c(NC(=O)CN3CCCCC3)sc3c2CC[C@H](C(C)(C)C)C3)cc1. The summed E-state index contributed by atoms with van der Waals surface area (Å²) in [6, 6.07) is 7.32. The van der Waals surface area contributed by atoms with Gasteiger partial charge in [-0.2, -0.15) is 0 Å². The highest BCUT2D eigenvalue weighted by Crippen LogP contribution is 2.44. The molecule has 1 atom stereocenters. The number of anilines is 2. The molecule has 4 rings (SSSR count). The lowest BCUT2D eigenvalue weighted by atomic mass is 9.72. The standard InChI is InChI=1S/C27H37N3O3S/c1-27(2,3)18-8-13-21-22(16-18)34-26(29-23(31)17-30-14-6-5-7-15-30)24(21)25(32)28-19-9-11-20(33-4)12-10-19/h9-12,18H,5-8,13-17H2,1-4H3,(H,28,32)(H,29,31)/t18-/m0/s1. The zero-order valence-corrected chi connectivity index (χ0v) is 21.6. The molecule has 0 bridgehead atoms. The van der Waals surface area contributed by atoms with Gasteiger partial charge in [-0.05, 0) is 86.4 Å². The van der Waals surface area contributed by atoms with Gasteiger partial charge in [0.2, 0.25) is 5.91 Å². The van der Waals surface area contributed by atoms with E-state index in [1.165, 1.54) is 11.3 Å². The van der Waals surface area contributed by atoms with Crippen LogP contribution in [0.25, 0.3) is 0 Å². The Morgan fingerprint density at radius 1 is 1.09 bits per heavy atom. The molecule has 2 N–H and O–H groups in total. The molecule has 1 fully saturated rings. The maximum Gasteiger partial charge on any atom is 0.258 e. The summed E-state index contributed by atoms with van der Waals surface area (Å²) in [4.78, 5) is 29.8. The van der Waals surface area contributed by atoms with Crippen LogP contribution in [0.1, 0.15) is 67.3 Å². The number of hydrogen-bond donors (Lipinski definition) is 2. The van der Waals surface area contributed by atoms with Crippen LogP contribution in [0.5, 0.6) is 5.75 Å². The third kappa shape index (κ3) is 5.81. The van der Waals surface area contributed by atoms with E-state index in [1.807, 2.05) is 24.3 Å². The van der Waals surface area contributed by atoms with Crippen molar-refractivity contribution in [2.45, 2.75) is 59.3 Å². The van der Waals surface area contributed by atoms with Crippen LogP contribution in [0.3, 0.4) is 0 Å². The second-order valence-electron chi connectivity index (χ2n) is 10.6. The molecule has 0 spiro atoms. The Kier molecular flexibility index (Phi) is 7.63. The van der Waals surface area contributed by atoms with E-state index >= 15 is 0 Å². The van der Waals surface area contributed by atoms with Gasteiger partial charge >= 0.3 is 0 Å². The number of fused-ring (bicyclic) bond motifs is 1. The fraction of sp³-hybridized carbons (Fsp3) is 0.556. The average Bonchev–Trinajstić information content (AvgIpc) is 3.16. The minimum atomic E-state index is -0.162. The summed E-state index contributed by atoms with van der Waals surface area (Å²) in [6.45, 7) is 9.17. The minimum Gasteiger partial charge on any atom is -0.497 e. The Morgan fingerprint density at radius 2 is 1.79 bits per heavy atom. The molecule has 0 radical (unpaired) electrons. The molecule has 1 saturated heterocycles. The molecule has 34 heavy (non-hydrogen) atoms. The van der Waals surface area contributed by atoms with Gasteiger partial charge in [0.1, 0.15) is 10.8 Å². The number of nitrogens with zero attached hydrogens (tertiary/aromatic N) is 1. The highest BCUT2D eigenvalue weighted by Gasteiger charge is 2.34. The lowest BCUT2D eigenvalue weighted by Crippen LogP contribution is -2.37. The van der Waals surface area contributed by atoms with Crippen molar-refractivity contribution in [1.82, 2.24) is 4.90 Å². The molecule has 2 aliphatic rings. The summed E-state index contributed by atoms with van der Waals surface area (Å²) in [6.07, 6.45) is 6.39. The first-order valence-corrected chi connectivity index (χ1v) is 13.2. The zero-order valence-electron chi connectivity index (χ0n) is 20.8. The van der Waals surface area contributed by atoms with Gasteiger partial charge in [-0.1, -0.05) is 27.2 Å². The molecule has 7 heteroatoms. The highest BCUT2D eigenvalue weighted by molar-refractivity contribution is 7.17. The predicted octanol–water partition coefficient (Wildman–Crippen LogP) is 5.58. The molecule has 0 unspecified atom stereocenters. The van der Waals surface area contributed by atoms with E-state index in [9.17, 15) is 9.59 Å². The number of carbonyl (C=O) groups is 2. The first-order chi connectivity index (χ1) is 16.2. The molecule has 0 saturated carbocycles. The third-order valence-electron chi connectivity index (χ3n) is 7.13. The zero-order chi connectivity index (χ0) is 24.3. The fourth-order valence-electron chi connectivity index (χ4n) is 5.01. The number of likely N-dealkylation sites (tertiary alicyclic amines) is 1. The number of thiophene rings is 1. The molecular weight excluding hydrogens is 446 g/mol. The number of benzene rings is 1. The topological polar surface area (TPSA) is 70.7 Å². The lowest BCUT2D eigenvalue weighted by molar-refractivity contribution is -0.117. The normalized spacial score (nSPS) is 18.8. The van der Waals surface area contributed by atoms with Crippen LogP contribution >= 0.6 is 11.3 Å². The quantitative estimate of drug-likeness (QED) is 0.562. The van der Waals surface area contributed by atoms with Gasteiger partial charge in [-0.25, -0.2) is 0 Å². The number of amides is 2. The van der Waals surface area contributed by atoms with Crippen LogP contribution in [0.2, 0.25) is 0 Å². The van der Waals surface area contributed by atoms with Gasteiger partial charge in [-0.3, -0.25) is 14.5 Å². The van der Waals surface area contributed by atoms with Crippen molar-refractivity contribution in [1.29, 1.82) is 0 Å². The molecule has 2 heterocycles. The molecule has 1 aliphatic heterocycles. The van der Waals surface area contributed by atoms with Crippen molar-refractivity contribution >= 4 is 33.8 Å². The van der Waals surface area contributed by atoms with Crippen molar-refractivity contribution in [2.24, 2.45) is 11.3 Å². The van der Waals surface area contributed by atoms with Gasteiger partial charge in [-0.15, -0.1) is 11.3 Å². The van der Waals surface area contributed by atoms with Crippen LogP contribution in [0.4, 0.5) is 10.7 Å². The van der Waals surface area contributed by atoms with Gasteiger partial charge in [0.25, 0.3) is 5.91 Å². The van der Waals surface area contributed by atoms with Crippen LogP contribution < -0.4 is 15.4 Å². The second kappa shape index (κ2) is 10.5. The van der Waals surface area contributed by atoms with Crippen molar-refractivity contribution < 1.29 is 14.3 Å². The summed E-state index contributed by atoms with van der Waals surface area (Å²) in [5.74, 6) is 1.11. The number of hydrogen-bond acceptors (Lipinski definition) is 5. The van der Waals surface area contributed by atoms with E-state index in [0.29, 0.717) is 28.7 Å². The minimum absolute atomic E-state index is 0.0358. The molecule has 1 aromatic carbocycles. The van der Waals surface area contributed by atoms with Crippen LogP contribution in [-0.2, 0) is 17.6 Å². The van der Waals surface area contributed by atoms with Gasteiger partial charge in [0.15, 0.2) is 0 Å². The summed E-state index contributed by atoms with van der Waals surface area (Å²) < 4.78 is 5.22. The van der Waals surface area contributed by atoms with Gasteiger partial charge < -0.3 is 15.4 Å². The Balaban J connectivity index is 1.57. The Labute approximate surface area is 207 Å². The molecule has 6 nitrogen and oxygen atoms in total. The fourth-order valence-corrected chi connectivity index (χ4v) is 6.35. The monoisotopic (exact) mass is 483 g/mol. The lowest BCUT2D eigenvalue weighted by Gasteiger charge is -2.33. The van der Waals surface area contributed by atoms with Crippen LogP contribution in [-0.4, -0.2) is 43.5 Å². The largest absolute Gasteiger partial charge is 0.497 e. The van der Waals surface area contributed by atoms with Crippen molar-refractivity contribution in [3.05, 3.63) is 40.3 Å². The molecule has 1 aliphatic carbocycles. The van der Waals surface area contributed by atoms with Crippen molar-refractivity contribution in [3.8, 4) is 5.75 Å². The van der Waals surface area contributed by atoms with Crippen molar-refractivity contribution in [3.63, 3.8) is 0 Å². The van der Waals surface area contributed by atoms with E-state index in [0.717, 1.165) is 56.5 Å². The van der Waals surface area contributed by atoms with E-state index in [4.69, 9.17) is 4.74 Å². The van der Waals surface area contributed by atoms with Gasteiger partial charge in [0.05, 0.1) is 19.2 Å². The second-order valence-corrected chi connectivity index (χ2v) is 11.7. The van der Waals surface area contributed by atoms with E-state index in [-0.39, 0.29) is 17.2 Å². The van der Waals surface area contributed by atoms with E-state index in [1.54, 1.807) is 18.4 Å². The van der Waals surface area contributed by atoms with Crippen LogP contribution in [0, 0.1) is 11.3 Å². The first kappa shape index (κ1) is 24.7.